The first-order valence-corrected chi connectivity index (χ1v) is 2.88. The van der Waals surface area contributed by atoms with Gasteiger partial charge in [-0.3, -0.25) is 4.98 Å². The molecule has 2 N–H and O–H groups in total. The fourth-order valence-electron chi connectivity index (χ4n) is 0.925. The number of nitrogens with zero attached hydrogens (tertiary/aromatic N) is 1. The average molecular weight is 121 g/mol. The Kier molecular flexibility index (Phi) is 0.899. The Morgan fingerprint density at radius 2 is 2.56 bits per heavy atom. The van der Waals surface area contributed by atoms with Crippen LogP contribution in [0.1, 0.15) is 5.56 Å². The number of hydrazine groups is 1. The third-order valence-corrected chi connectivity index (χ3v) is 1.41. The molecular weight excluding hydrogens is 114 g/mol. The highest BCUT2D eigenvalue weighted by atomic mass is 15.4. The maximum Gasteiger partial charge on any atom is 0.0564 e. The first-order chi connectivity index (χ1) is 4.47. The quantitative estimate of drug-likeness (QED) is 0.525. The predicted molar refractivity (Wildman–Crippen MR) is 34.7 cm³/mol. The van der Waals surface area contributed by atoms with Crippen molar-refractivity contribution in [1.82, 2.24) is 10.4 Å². The van der Waals surface area contributed by atoms with Crippen molar-refractivity contribution in [2.75, 3.05) is 5.43 Å². The fraction of sp³-hybridized carbons (Fsp3) is 0.167. The fourth-order valence-corrected chi connectivity index (χ4v) is 0.925. The summed E-state index contributed by atoms with van der Waals surface area (Å²) in [4.78, 5) is 3.98. The highest BCUT2D eigenvalue weighted by Crippen LogP contribution is 2.15. The maximum absolute atomic E-state index is 3.98. The average Bonchev–Trinajstić information content (AvgIpc) is 2.33. The summed E-state index contributed by atoms with van der Waals surface area (Å²) >= 11 is 0. The highest BCUT2D eigenvalue weighted by Gasteiger charge is 2.06. The van der Waals surface area contributed by atoms with Crippen molar-refractivity contribution in [2.24, 2.45) is 0 Å². The van der Waals surface area contributed by atoms with Crippen LogP contribution in [0.15, 0.2) is 18.5 Å². The van der Waals surface area contributed by atoms with Crippen LogP contribution >= 0.6 is 0 Å². The Labute approximate surface area is 53.1 Å². The Morgan fingerprint density at radius 1 is 1.56 bits per heavy atom. The minimum atomic E-state index is 0.878. The van der Waals surface area contributed by atoms with Gasteiger partial charge in [0, 0.05) is 24.5 Å². The maximum atomic E-state index is 3.98. The Bertz CT molecular complexity index is 198. The van der Waals surface area contributed by atoms with Crippen molar-refractivity contribution < 1.29 is 0 Å². The van der Waals surface area contributed by atoms with Crippen LogP contribution < -0.4 is 10.9 Å². The molecule has 3 nitrogen and oxygen atoms in total. The lowest BCUT2D eigenvalue weighted by Crippen LogP contribution is -2.10. The molecular formula is C6H7N3. The number of aromatic nitrogens is 1. The minimum absolute atomic E-state index is 0.878. The number of pyridine rings is 1. The van der Waals surface area contributed by atoms with Crippen molar-refractivity contribution in [2.45, 2.75) is 6.54 Å². The van der Waals surface area contributed by atoms with Gasteiger partial charge in [-0.15, -0.1) is 0 Å². The lowest BCUT2D eigenvalue weighted by Gasteiger charge is -1.92. The summed E-state index contributed by atoms with van der Waals surface area (Å²) in [6.07, 6.45) is 3.64. The van der Waals surface area contributed by atoms with Crippen LogP contribution in [-0.4, -0.2) is 4.98 Å². The van der Waals surface area contributed by atoms with Gasteiger partial charge in [0.1, 0.15) is 0 Å². The van der Waals surface area contributed by atoms with Gasteiger partial charge in [-0.05, 0) is 6.07 Å². The molecule has 9 heavy (non-hydrogen) atoms. The second kappa shape index (κ2) is 1.70. The number of hydrogen-bond donors (Lipinski definition) is 2. The van der Waals surface area contributed by atoms with E-state index in [-0.39, 0.29) is 0 Å². The molecule has 0 aromatic carbocycles. The largest absolute Gasteiger partial charge is 0.321 e. The van der Waals surface area contributed by atoms with Gasteiger partial charge in [0.2, 0.25) is 0 Å². The molecule has 2 heterocycles. The topological polar surface area (TPSA) is 37.0 Å². The van der Waals surface area contributed by atoms with Gasteiger partial charge in [0.05, 0.1) is 5.69 Å². The predicted octanol–water partition coefficient (Wildman–Crippen LogP) is 0.512. The van der Waals surface area contributed by atoms with E-state index in [0.717, 1.165) is 12.2 Å². The molecule has 0 aliphatic carbocycles. The van der Waals surface area contributed by atoms with Gasteiger partial charge < -0.3 is 5.43 Å². The van der Waals surface area contributed by atoms with E-state index in [1.165, 1.54) is 5.56 Å². The first kappa shape index (κ1) is 4.76. The third kappa shape index (κ3) is 0.658. The SMILES string of the molecule is c1cc2c(cn1)CNN2. The Hall–Kier alpha value is -1.09. The number of rotatable bonds is 0. The van der Waals surface area contributed by atoms with E-state index >= 15 is 0 Å². The van der Waals surface area contributed by atoms with Crippen LogP contribution in [0.5, 0.6) is 0 Å². The van der Waals surface area contributed by atoms with Crippen LogP contribution in [0.25, 0.3) is 0 Å². The standard InChI is InChI=1S/C6H7N3/c1-2-7-3-5-4-8-9-6(1)5/h1-3,8-9H,4H2. The summed E-state index contributed by atoms with van der Waals surface area (Å²) in [7, 11) is 0. The summed E-state index contributed by atoms with van der Waals surface area (Å²) in [6.45, 7) is 0.878. The molecule has 0 spiro atoms. The monoisotopic (exact) mass is 121 g/mol. The number of nitrogens with one attached hydrogen (secondary N) is 2. The molecule has 1 aliphatic rings. The zero-order valence-corrected chi connectivity index (χ0v) is 4.89. The number of fused-ring (bicyclic) bond motifs is 1. The zero-order chi connectivity index (χ0) is 6.10. The molecule has 3 heteroatoms. The summed E-state index contributed by atoms with van der Waals surface area (Å²) in [5.74, 6) is 0. The van der Waals surface area contributed by atoms with Crippen molar-refractivity contribution in [3.63, 3.8) is 0 Å². The van der Waals surface area contributed by atoms with Gasteiger partial charge in [0.25, 0.3) is 0 Å². The zero-order valence-electron chi connectivity index (χ0n) is 4.89. The third-order valence-electron chi connectivity index (χ3n) is 1.41. The Balaban J connectivity index is 2.54. The van der Waals surface area contributed by atoms with Crippen molar-refractivity contribution >= 4 is 5.69 Å². The van der Waals surface area contributed by atoms with Crippen LogP contribution in [0.4, 0.5) is 5.69 Å². The summed E-state index contributed by atoms with van der Waals surface area (Å²) < 4.78 is 0. The van der Waals surface area contributed by atoms with E-state index in [9.17, 15) is 0 Å². The van der Waals surface area contributed by atoms with Gasteiger partial charge >= 0.3 is 0 Å². The van der Waals surface area contributed by atoms with Gasteiger partial charge in [0.15, 0.2) is 0 Å². The van der Waals surface area contributed by atoms with Crippen molar-refractivity contribution in [1.29, 1.82) is 0 Å². The van der Waals surface area contributed by atoms with Crippen LogP contribution in [0.3, 0.4) is 0 Å². The normalized spacial score (nSPS) is 14.7. The highest BCUT2D eigenvalue weighted by molar-refractivity contribution is 5.51. The number of hydrogen-bond acceptors (Lipinski definition) is 3. The van der Waals surface area contributed by atoms with Crippen molar-refractivity contribution in [3.8, 4) is 0 Å². The van der Waals surface area contributed by atoms with E-state index < -0.39 is 0 Å². The molecule has 46 valence electrons. The molecule has 1 aromatic heterocycles. The smallest absolute Gasteiger partial charge is 0.0564 e. The molecule has 0 unspecified atom stereocenters. The minimum Gasteiger partial charge on any atom is -0.321 e. The van der Waals surface area contributed by atoms with Gasteiger partial charge in [-0.2, -0.15) is 0 Å². The molecule has 2 rings (SSSR count). The Morgan fingerprint density at radius 3 is 3.44 bits per heavy atom. The van der Waals surface area contributed by atoms with E-state index in [4.69, 9.17) is 0 Å². The van der Waals surface area contributed by atoms with E-state index in [1.54, 1.807) is 6.20 Å². The summed E-state index contributed by atoms with van der Waals surface area (Å²) in [5, 5.41) is 0. The second-order valence-corrected chi connectivity index (χ2v) is 2.01. The molecule has 0 amide bonds. The number of anilines is 1. The van der Waals surface area contributed by atoms with Crippen LogP contribution in [0.2, 0.25) is 0 Å². The lowest BCUT2D eigenvalue weighted by atomic mass is 10.3. The first-order valence-electron chi connectivity index (χ1n) is 2.88. The molecule has 1 aromatic rings. The molecule has 1 aliphatic heterocycles. The van der Waals surface area contributed by atoms with Gasteiger partial charge in [-0.25, -0.2) is 5.43 Å². The van der Waals surface area contributed by atoms with Crippen LogP contribution in [-0.2, 0) is 6.54 Å². The molecule has 0 radical (unpaired) electrons. The lowest BCUT2D eigenvalue weighted by molar-refractivity contribution is 0.858. The van der Waals surface area contributed by atoms with E-state index in [0.29, 0.717) is 0 Å². The summed E-state index contributed by atoms with van der Waals surface area (Å²) in [6, 6.07) is 1.95. The molecule has 0 saturated carbocycles. The van der Waals surface area contributed by atoms with E-state index in [1.807, 2.05) is 12.3 Å². The second-order valence-electron chi connectivity index (χ2n) is 2.01. The molecule has 0 bridgehead atoms. The molecule has 0 saturated heterocycles. The molecule has 0 fully saturated rings. The summed E-state index contributed by atoms with van der Waals surface area (Å²) in [5.41, 5.74) is 8.39. The van der Waals surface area contributed by atoms with Crippen molar-refractivity contribution in [3.05, 3.63) is 24.0 Å². The van der Waals surface area contributed by atoms with E-state index in [2.05, 4.69) is 15.8 Å². The van der Waals surface area contributed by atoms with Crippen LogP contribution in [0, 0.1) is 0 Å². The molecule has 0 atom stereocenters. The van der Waals surface area contributed by atoms with Gasteiger partial charge in [-0.1, -0.05) is 0 Å².